The Morgan fingerprint density at radius 2 is 2.00 bits per heavy atom. The highest BCUT2D eigenvalue weighted by molar-refractivity contribution is 9.10. The third kappa shape index (κ3) is 2.90. The first kappa shape index (κ1) is 13.6. The van der Waals surface area contributed by atoms with Crippen molar-refractivity contribution in [1.82, 2.24) is 4.57 Å². The van der Waals surface area contributed by atoms with Crippen LogP contribution in [0.1, 0.15) is 0 Å². The van der Waals surface area contributed by atoms with Crippen LogP contribution in [0.25, 0.3) is 11.1 Å². The average Bonchev–Trinajstić information content (AvgIpc) is 2.75. The lowest BCUT2D eigenvalue weighted by Crippen LogP contribution is -2.24. The van der Waals surface area contributed by atoms with Crippen LogP contribution in [0.2, 0.25) is 0 Å². The summed E-state index contributed by atoms with van der Waals surface area (Å²) >= 11 is 3.34. The first-order valence-electron chi connectivity index (χ1n) is 6.27. The monoisotopic (exact) mass is 346 g/mol. The van der Waals surface area contributed by atoms with E-state index in [1.54, 1.807) is 36.4 Å². The molecule has 2 aromatic carbocycles. The van der Waals surface area contributed by atoms with Gasteiger partial charge in [-0.3, -0.25) is 9.36 Å². The summed E-state index contributed by atoms with van der Waals surface area (Å²) < 4.78 is 7.26. The van der Waals surface area contributed by atoms with Crippen LogP contribution in [0, 0.1) is 0 Å². The SMILES string of the molecule is O=C(Cn1c(=O)oc2ccccc21)Nc1cccc(Br)c1. The molecule has 0 aliphatic rings. The van der Waals surface area contributed by atoms with Gasteiger partial charge in [-0.1, -0.05) is 34.1 Å². The fraction of sp³-hybridized carbons (Fsp3) is 0.0667. The van der Waals surface area contributed by atoms with E-state index in [0.717, 1.165) is 4.47 Å². The number of anilines is 1. The van der Waals surface area contributed by atoms with Crippen LogP contribution in [-0.4, -0.2) is 10.5 Å². The van der Waals surface area contributed by atoms with Crippen LogP contribution in [0.3, 0.4) is 0 Å². The van der Waals surface area contributed by atoms with Crippen LogP contribution in [0.4, 0.5) is 5.69 Å². The maximum absolute atomic E-state index is 12.1. The van der Waals surface area contributed by atoms with Gasteiger partial charge in [0.05, 0.1) is 5.52 Å². The van der Waals surface area contributed by atoms with E-state index in [0.29, 0.717) is 16.8 Å². The number of fused-ring (bicyclic) bond motifs is 1. The number of rotatable bonds is 3. The smallest absolute Gasteiger partial charge is 0.408 e. The summed E-state index contributed by atoms with van der Waals surface area (Å²) in [5, 5.41) is 2.74. The van der Waals surface area contributed by atoms with E-state index in [1.807, 2.05) is 12.1 Å². The van der Waals surface area contributed by atoms with Gasteiger partial charge in [-0.2, -0.15) is 0 Å². The van der Waals surface area contributed by atoms with Gasteiger partial charge in [-0.05, 0) is 30.3 Å². The predicted molar refractivity (Wildman–Crippen MR) is 83.2 cm³/mol. The number of hydrogen-bond donors (Lipinski definition) is 1. The van der Waals surface area contributed by atoms with E-state index >= 15 is 0 Å². The quantitative estimate of drug-likeness (QED) is 0.792. The first-order chi connectivity index (χ1) is 10.1. The third-order valence-corrected chi connectivity index (χ3v) is 3.48. The lowest BCUT2D eigenvalue weighted by Gasteiger charge is -2.06. The fourth-order valence-electron chi connectivity index (χ4n) is 2.07. The van der Waals surface area contributed by atoms with Crippen molar-refractivity contribution in [2.75, 3.05) is 5.32 Å². The number of oxazole rings is 1. The Morgan fingerprint density at radius 1 is 1.19 bits per heavy atom. The molecule has 21 heavy (non-hydrogen) atoms. The number of carbonyl (C=O) groups excluding carboxylic acids is 1. The molecule has 5 nitrogen and oxygen atoms in total. The minimum absolute atomic E-state index is 0.0949. The molecule has 0 unspecified atom stereocenters. The molecule has 1 aromatic heterocycles. The molecule has 0 spiro atoms. The van der Waals surface area contributed by atoms with E-state index in [9.17, 15) is 9.59 Å². The van der Waals surface area contributed by atoms with Crippen molar-refractivity contribution in [1.29, 1.82) is 0 Å². The molecular formula is C15H11BrN2O3. The van der Waals surface area contributed by atoms with Gasteiger partial charge in [0, 0.05) is 10.2 Å². The molecule has 0 atom stereocenters. The summed E-state index contributed by atoms with van der Waals surface area (Å²) in [7, 11) is 0. The lowest BCUT2D eigenvalue weighted by atomic mass is 10.3. The van der Waals surface area contributed by atoms with Gasteiger partial charge in [-0.25, -0.2) is 4.79 Å². The maximum atomic E-state index is 12.1. The summed E-state index contributed by atoms with van der Waals surface area (Å²) in [6, 6.07) is 14.2. The maximum Gasteiger partial charge on any atom is 0.420 e. The Labute approximate surface area is 128 Å². The van der Waals surface area contributed by atoms with Crippen molar-refractivity contribution in [3.05, 3.63) is 63.6 Å². The zero-order chi connectivity index (χ0) is 14.8. The number of aromatic nitrogens is 1. The standard InChI is InChI=1S/C15H11BrN2O3/c16-10-4-3-5-11(8-10)17-14(19)9-18-12-6-1-2-7-13(12)21-15(18)20/h1-8H,9H2,(H,17,19). The van der Waals surface area contributed by atoms with Crippen LogP contribution in [-0.2, 0) is 11.3 Å². The van der Waals surface area contributed by atoms with Gasteiger partial charge in [0.1, 0.15) is 6.54 Å². The summed E-state index contributed by atoms with van der Waals surface area (Å²) in [5.41, 5.74) is 1.74. The molecule has 0 saturated carbocycles. The van der Waals surface area contributed by atoms with E-state index in [1.165, 1.54) is 4.57 Å². The topological polar surface area (TPSA) is 64.2 Å². The molecule has 6 heteroatoms. The molecule has 1 heterocycles. The number of nitrogens with zero attached hydrogens (tertiary/aromatic N) is 1. The van der Waals surface area contributed by atoms with E-state index in [4.69, 9.17) is 4.42 Å². The summed E-state index contributed by atoms with van der Waals surface area (Å²) in [4.78, 5) is 23.8. The lowest BCUT2D eigenvalue weighted by molar-refractivity contribution is -0.116. The Bertz CT molecular complexity index is 866. The number of benzene rings is 2. The summed E-state index contributed by atoms with van der Waals surface area (Å²) in [6.07, 6.45) is 0. The second-order valence-corrected chi connectivity index (χ2v) is 5.40. The van der Waals surface area contributed by atoms with Crippen LogP contribution < -0.4 is 11.1 Å². The van der Waals surface area contributed by atoms with Gasteiger partial charge in [0.25, 0.3) is 0 Å². The Balaban J connectivity index is 1.84. The second-order valence-electron chi connectivity index (χ2n) is 4.48. The number of nitrogens with one attached hydrogen (secondary N) is 1. The number of hydrogen-bond acceptors (Lipinski definition) is 3. The van der Waals surface area contributed by atoms with Crippen molar-refractivity contribution in [3.63, 3.8) is 0 Å². The van der Waals surface area contributed by atoms with Gasteiger partial charge in [0.15, 0.2) is 5.58 Å². The molecule has 1 N–H and O–H groups in total. The third-order valence-electron chi connectivity index (χ3n) is 2.98. The zero-order valence-electron chi connectivity index (χ0n) is 10.9. The fourth-order valence-corrected chi connectivity index (χ4v) is 2.47. The normalized spacial score (nSPS) is 10.7. The van der Waals surface area contributed by atoms with Crippen molar-refractivity contribution in [2.45, 2.75) is 6.54 Å². The summed E-state index contributed by atoms with van der Waals surface area (Å²) in [6.45, 7) is -0.0949. The molecule has 0 saturated heterocycles. The molecule has 0 radical (unpaired) electrons. The largest absolute Gasteiger partial charge is 0.420 e. The van der Waals surface area contributed by atoms with Crippen LogP contribution in [0.5, 0.6) is 0 Å². The van der Waals surface area contributed by atoms with Crippen LogP contribution in [0.15, 0.2) is 62.2 Å². The first-order valence-corrected chi connectivity index (χ1v) is 7.06. The van der Waals surface area contributed by atoms with Gasteiger partial charge in [-0.15, -0.1) is 0 Å². The molecule has 1 amide bonds. The minimum Gasteiger partial charge on any atom is -0.408 e. The number of amides is 1. The highest BCUT2D eigenvalue weighted by Gasteiger charge is 2.12. The average molecular weight is 347 g/mol. The van der Waals surface area contributed by atoms with Crippen molar-refractivity contribution in [2.24, 2.45) is 0 Å². The minimum atomic E-state index is -0.541. The Hall–Kier alpha value is -2.34. The molecule has 0 aliphatic heterocycles. The van der Waals surface area contributed by atoms with Crippen molar-refractivity contribution in [3.8, 4) is 0 Å². The van der Waals surface area contributed by atoms with Gasteiger partial charge >= 0.3 is 5.76 Å². The van der Waals surface area contributed by atoms with E-state index in [2.05, 4.69) is 21.2 Å². The van der Waals surface area contributed by atoms with E-state index < -0.39 is 5.76 Å². The molecule has 0 fully saturated rings. The highest BCUT2D eigenvalue weighted by Crippen LogP contribution is 2.16. The van der Waals surface area contributed by atoms with Crippen molar-refractivity contribution >= 4 is 38.6 Å². The number of halogens is 1. The number of para-hydroxylation sites is 2. The van der Waals surface area contributed by atoms with Gasteiger partial charge < -0.3 is 9.73 Å². The molecular weight excluding hydrogens is 336 g/mol. The zero-order valence-corrected chi connectivity index (χ0v) is 12.5. The van der Waals surface area contributed by atoms with Gasteiger partial charge in [0.2, 0.25) is 5.91 Å². The molecule has 0 aliphatic carbocycles. The number of carbonyl (C=O) groups is 1. The predicted octanol–water partition coefficient (Wildman–Crippen LogP) is 3.00. The molecule has 3 aromatic rings. The second kappa shape index (κ2) is 5.57. The Morgan fingerprint density at radius 3 is 2.81 bits per heavy atom. The van der Waals surface area contributed by atoms with Crippen molar-refractivity contribution < 1.29 is 9.21 Å². The molecule has 106 valence electrons. The van der Waals surface area contributed by atoms with Crippen LogP contribution >= 0.6 is 15.9 Å². The molecule has 0 bridgehead atoms. The summed E-state index contributed by atoms with van der Waals surface area (Å²) in [5.74, 6) is -0.831. The molecule has 3 rings (SSSR count). The highest BCUT2D eigenvalue weighted by atomic mass is 79.9. The Kier molecular flexibility index (Phi) is 3.62. The van der Waals surface area contributed by atoms with E-state index in [-0.39, 0.29) is 12.5 Å².